The summed E-state index contributed by atoms with van der Waals surface area (Å²) in [4.78, 5) is 4.71. The molecule has 0 radical (unpaired) electrons. The molecule has 0 saturated carbocycles. The van der Waals surface area contributed by atoms with Crippen molar-refractivity contribution in [2.75, 3.05) is 25.4 Å². The number of guanidine groups is 1. The Morgan fingerprint density at radius 3 is 2.23 bits per heavy atom. The number of sulfone groups is 1. The molecule has 0 bridgehead atoms. The summed E-state index contributed by atoms with van der Waals surface area (Å²) in [6, 6.07) is 16.3. The van der Waals surface area contributed by atoms with Crippen LogP contribution in [0.25, 0.3) is 0 Å². The molecule has 0 amide bonds. The van der Waals surface area contributed by atoms with E-state index in [1.54, 1.807) is 30.3 Å². The predicted molar refractivity (Wildman–Crippen MR) is 123 cm³/mol. The van der Waals surface area contributed by atoms with E-state index in [1.165, 1.54) is 5.56 Å². The first kappa shape index (κ1) is 23.9. The highest BCUT2D eigenvalue weighted by Gasteiger charge is 2.15. The van der Waals surface area contributed by atoms with Crippen molar-refractivity contribution in [1.29, 1.82) is 0 Å². The lowest BCUT2D eigenvalue weighted by molar-refractivity contribution is 0.187. The Hall–Kier alpha value is -2.38. The van der Waals surface area contributed by atoms with Gasteiger partial charge in [0, 0.05) is 13.1 Å². The van der Waals surface area contributed by atoms with Crippen molar-refractivity contribution < 1.29 is 13.5 Å². The van der Waals surface area contributed by atoms with Crippen molar-refractivity contribution in [3.8, 4) is 0 Å². The molecule has 0 spiro atoms. The number of hydrogen-bond acceptors (Lipinski definition) is 4. The molecular weight excluding hydrogens is 398 g/mol. The average molecular weight is 432 g/mol. The second-order valence-electron chi connectivity index (χ2n) is 8.17. The Bertz CT molecular complexity index is 918. The van der Waals surface area contributed by atoms with E-state index < -0.39 is 15.9 Å². The van der Waals surface area contributed by atoms with E-state index in [4.69, 9.17) is 0 Å². The van der Waals surface area contributed by atoms with Crippen molar-refractivity contribution >= 4 is 15.8 Å². The number of nitrogens with one attached hydrogen (secondary N) is 2. The lowest BCUT2D eigenvalue weighted by atomic mass is 9.86. The van der Waals surface area contributed by atoms with Gasteiger partial charge in [0.25, 0.3) is 0 Å². The smallest absolute Gasteiger partial charge is 0.191 e. The molecule has 1 atom stereocenters. The van der Waals surface area contributed by atoms with E-state index >= 15 is 0 Å². The zero-order valence-corrected chi connectivity index (χ0v) is 19.0. The molecule has 2 aromatic carbocycles. The third-order valence-electron chi connectivity index (χ3n) is 4.69. The molecule has 7 heteroatoms. The number of benzene rings is 2. The summed E-state index contributed by atoms with van der Waals surface area (Å²) in [5.41, 5.74) is 2.06. The Kier molecular flexibility index (Phi) is 8.43. The summed E-state index contributed by atoms with van der Waals surface area (Å²) in [7, 11) is -3.36. The average Bonchev–Trinajstić information content (AvgIpc) is 2.72. The molecule has 3 N–H and O–H groups in total. The molecule has 30 heavy (non-hydrogen) atoms. The van der Waals surface area contributed by atoms with Gasteiger partial charge in [-0.1, -0.05) is 63.2 Å². The lowest BCUT2D eigenvalue weighted by Crippen LogP contribution is -2.39. The van der Waals surface area contributed by atoms with Crippen LogP contribution in [0.5, 0.6) is 0 Å². The fraction of sp³-hybridized carbons (Fsp3) is 0.435. The van der Waals surface area contributed by atoms with Crippen LogP contribution in [0.3, 0.4) is 0 Å². The standard InChI is InChI=1S/C23H33N3O3S/c1-5-24-22(25-15-16-30(28,29)20-9-7-6-8-10-20)26-17-21(27)18-11-13-19(14-12-18)23(2,3)4/h6-14,21,27H,5,15-17H2,1-4H3,(H2,24,25,26). The molecule has 0 fully saturated rings. The first-order chi connectivity index (χ1) is 14.1. The monoisotopic (exact) mass is 431 g/mol. The highest BCUT2D eigenvalue weighted by Crippen LogP contribution is 2.24. The first-order valence-electron chi connectivity index (χ1n) is 10.2. The maximum absolute atomic E-state index is 12.4. The SMILES string of the molecule is CCNC(=NCC(O)c1ccc(C(C)(C)C)cc1)NCCS(=O)(=O)c1ccccc1. The number of aliphatic hydroxyl groups is 1. The van der Waals surface area contributed by atoms with Gasteiger partial charge in [-0.3, -0.25) is 4.99 Å². The molecule has 0 saturated heterocycles. The minimum atomic E-state index is -3.36. The number of hydrogen-bond donors (Lipinski definition) is 3. The minimum Gasteiger partial charge on any atom is -0.386 e. The van der Waals surface area contributed by atoms with Crippen LogP contribution < -0.4 is 10.6 Å². The van der Waals surface area contributed by atoms with E-state index in [-0.39, 0.29) is 24.3 Å². The Labute approximate surface area is 180 Å². The number of aliphatic hydroxyl groups excluding tert-OH is 1. The van der Waals surface area contributed by atoms with Crippen LogP contribution in [0.15, 0.2) is 64.5 Å². The van der Waals surface area contributed by atoms with Crippen molar-refractivity contribution in [1.82, 2.24) is 10.6 Å². The molecule has 6 nitrogen and oxygen atoms in total. The van der Waals surface area contributed by atoms with Gasteiger partial charge in [-0.25, -0.2) is 8.42 Å². The first-order valence-corrected chi connectivity index (χ1v) is 11.9. The van der Waals surface area contributed by atoms with E-state index in [1.807, 2.05) is 31.2 Å². The van der Waals surface area contributed by atoms with Gasteiger partial charge >= 0.3 is 0 Å². The summed E-state index contributed by atoms with van der Waals surface area (Å²) < 4.78 is 24.8. The normalized spacial score (nSPS) is 13.7. The number of rotatable bonds is 8. The summed E-state index contributed by atoms with van der Waals surface area (Å²) in [5, 5.41) is 16.6. The van der Waals surface area contributed by atoms with E-state index in [9.17, 15) is 13.5 Å². The van der Waals surface area contributed by atoms with Gasteiger partial charge in [0.05, 0.1) is 23.3 Å². The molecule has 164 valence electrons. The topological polar surface area (TPSA) is 90.8 Å². The highest BCUT2D eigenvalue weighted by atomic mass is 32.2. The molecule has 2 aromatic rings. The van der Waals surface area contributed by atoms with Gasteiger partial charge in [-0.15, -0.1) is 0 Å². The maximum atomic E-state index is 12.4. The second kappa shape index (κ2) is 10.6. The van der Waals surface area contributed by atoms with Crippen molar-refractivity contribution in [3.63, 3.8) is 0 Å². The van der Waals surface area contributed by atoms with Crippen molar-refractivity contribution in [2.24, 2.45) is 4.99 Å². The Balaban J connectivity index is 1.95. The van der Waals surface area contributed by atoms with Gasteiger partial charge in [0.1, 0.15) is 0 Å². The van der Waals surface area contributed by atoms with Crippen LogP contribution in [0.1, 0.15) is 44.9 Å². The molecule has 0 aliphatic heterocycles. The summed E-state index contributed by atoms with van der Waals surface area (Å²) in [5.74, 6) is 0.434. The zero-order valence-electron chi connectivity index (χ0n) is 18.2. The molecular formula is C23H33N3O3S. The van der Waals surface area contributed by atoms with E-state index in [2.05, 4.69) is 36.4 Å². The number of aliphatic imine (C=N–C) groups is 1. The summed E-state index contributed by atoms with van der Waals surface area (Å²) in [6.45, 7) is 9.40. The second-order valence-corrected chi connectivity index (χ2v) is 10.3. The van der Waals surface area contributed by atoms with Crippen molar-refractivity contribution in [2.45, 2.75) is 44.1 Å². The molecule has 0 heterocycles. The van der Waals surface area contributed by atoms with Gasteiger partial charge in [0.15, 0.2) is 15.8 Å². The van der Waals surface area contributed by atoms with Crippen LogP contribution in [0.2, 0.25) is 0 Å². The van der Waals surface area contributed by atoms with E-state index in [0.717, 1.165) is 5.56 Å². The molecule has 1 unspecified atom stereocenters. The third kappa shape index (κ3) is 7.15. The largest absolute Gasteiger partial charge is 0.386 e. The fourth-order valence-electron chi connectivity index (χ4n) is 2.88. The Morgan fingerprint density at radius 1 is 1.03 bits per heavy atom. The fourth-order valence-corrected chi connectivity index (χ4v) is 4.06. The lowest BCUT2D eigenvalue weighted by Gasteiger charge is -2.20. The molecule has 0 aliphatic rings. The molecule has 0 aliphatic carbocycles. The Morgan fingerprint density at radius 2 is 1.67 bits per heavy atom. The van der Waals surface area contributed by atoms with Gasteiger partial charge < -0.3 is 15.7 Å². The van der Waals surface area contributed by atoms with Gasteiger partial charge in [-0.2, -0.15) is 0 Å². The number of nitrogens with zero attached hydrogens (tertiary/aromatic N) is 1. The van der Waals surface area contributed by atoms with Crippen LogP contribution in [0.4, 0.5) is 0 Å². The summed E-state index contributed by atoms with van der Waals surface area (Å²) >= 11 is 0. The van der Waals surface area contributed by atoms with Crippen LogP contribution in [-0.2, 0) is 15.3 Å². The molecule has 2 rings (SSSR count). The minimum absolute atomic E-state index is 0.0434. The van der Waals surface area contributed by atoms with E-state index in [0.29, 0.717) is 17.4 Å². The summed E-state index contributed by atoms with van der Waals surface area (Å²) in [6.07, 6.45) is -0.734. The van der Waals surface area contributed by atoms with Crippen LogP contribution in [-0.4, -0.2) is 44.9 Å². The quantitative estimate of drug-likeness (QED) is 0.441. The van der Waals surface area contributed by atoms with Crippen LogP contribution >= 0.6 is 0 Å². The predicted octanol–water partition coefficient (Wildman–Crippen LogP) is 3.05. The van der Waals surface area contributed by atoms with Gasteiger partial charge in [0.2, 0.25) is 0 Å². The zero-order chi connectivity index (χ0) is 22.2. The van der Waals surface area contributed by atoms with Crippen LogP contribution in [0, 0.1) is 0 Å². The maximum Gasteiger partial charge on any atom is 0.191 e. The molecule has 0 aromatic heterocycles. The highest BCUT2D eigenvalue weighted by molar-refractivity contribution is 7.91. The van der Waals surface area contributed by atoms with Gasteiger partial charge in [-0.05, 0) is 35.6 Å². The third-order valence-corrected chi connectivity index (χ3v) is 6.43. The van der Waals surface area contributed by atoms with Crippen molar-refractivity contribution in [3.05, 3.63) is 65.7 Å².